The zero-order valence-corrected chi connectivity index (χ0v) is 13.8. The summed E-state index contributed by atoms with van der Waals surface area (Å²) < 4.78 is 30.1. The third-order valence-electron chi connectivity index (χ3n) is 2.38. The molecule has 0 bridgehead atoms. The van der Waals surface area contributed by atoms with Crippen LogP contribution in [0.2, 0.25) is 0 Å². The fourth-order valence-electron chi connectivity index (χ4n) is 1.25. The second-order valence-electron chi connectivity index (χ2n) is 3.94. The molecule has 1 rings (SSSR count). The summed E-state index contributed by atoms with van der Waals surface area (Å²) in [4.78, 5) is 22.0. The Morgan fingerprint density at radius 3 is 2.10 bits per heavy atom. The first-order chi connectivity index (χ1) is 9.69. The van der Waals surface area contributed by atoms with E-state index < -0.39 is 31.7 Å². The standard InChI is InChI=1S/C12H13NO5S3/c1-7-3-5-8(6-4-7)21(16,17)13-11(14)9(19)10(20)12(15)18-2/h3-6,19-20H,1-2H3,(H,13,14)/b10-9-. The molecule has 0 fully saturated rings. The number of carbonyl (C=O) groups is 2. The van der Waals surface area contributed by atoms with E-state index in [2.05, 4.69) is 30.0 Å². The number of benzene rings is 1. The quantitative estimate of drug-likeness (QED) is 0.430. The van der Waals surface area contributed by atoms with E-state index in [1.165, 1.54) is 12.1 Å². The van der Waals surface area contributed by atoms with Gasteiger partial charge < -0.3 is 4.74 Å². The van der Waals surface area contributed by atoms with Crippen molar-refractivity contribution in [2.24, 2.45) is 0 Å². The molecule has 0 aliphatic carbocycles. The normalized spacial score (nSPS) is 12.4. The first kappa shape index (κ1) is 17.6. The minimum absolute atomic E-state index is 0.0821. The van der Waals surface area contributed by atoms with Crippen LogP contribution in [0.25, 0.3) is 0 Å². The molecule has 0 aliphatic rings. The Labute approximate surface area is 133 Å². The Bertz CT molecular complexity index is 692. The van der Waals surface area contributed by atoms with E-state index in [1.54, 1.807) is 23.8 Å². The van der Waals surface area contributed by atoms with Gasteiger partial charge in [0.25, 0.3) is 15.9 Å². The van der Waals surface area contributed by atoms with Gasteiger partial charge in [0.05, 0.1) is 16.9 Å². The number of sulfonamides is 1. The van der Waals surface area contributed by atoms with E-state index in [0.717, 1.165) is 12.7 Å². The predicted octanol–water partition coefficient (Wildman–Crippen LogP) is 1.04. The maximum Gasteiger partial charge on any atom is 0.345 e. The van der Waals surface area contributed by atoms with Crippen LogP contribution < -0.4 is 4.72 Å². The predicted molar refractivity (Wildman–Crippen MR) is 83.5 cm³/mol. The summed E-state index contributed by atoms with van der Waals surface area (Å²) in [6, 6.07) is 5.90. The number of esters is 1. The zero-order chi connectivity index (χ0) is 16.2. The van der Waals surface area contributed by atoms with Gasteiger partial charge in [-0.25, -0.2) is 17.9 Å². The van der Waals surface area contributed by atoms with Gasteiger partial charge in [0.2, 0.25) is 0 Å². The number of aryl methyl sites for hydroxylation is 1. The van der Waals surface area contributed by atoms with E-state index in [9.17, 15) is 18.0 Å². The van der Waals surface area contributed by atoms with Gasteiger partial charge >= 0.3 is 5.97 Å². The monoisotopic (exact) mass is 347 g/mol. The number of nitrogens with one attached hydrogen (secondary N) is 1. The molecule has 21 heavy (non-hydrogen) atoms. The van der Waals surface area contributed by atoms with Crippen LogP contribution in [0.4, 0.5) is 0 Å². The number of ether oxygens (including phenoxy) is 1. The highest BCUT2D eigenvalue weighted by Crippen LogP contribution is 2.16. The molecule has 1 aromatic carbocycles. The fraction of sp³-hybridized carbons (Fsp3) is 0.167. The lowest BCUT2D eigenvalue weighted by molar-refractivity contribution is -0.135. The highest BCUT2D eigenvalue weighted by molar-refractivity contribution is 7.91. The molecule has 0 radical (unpaired) electrons. The van der Waals surface area contributed by atoms with Gasteiger partial charge in [0, 0.05) is 0 Å². The lowest BCUT2D eigenvalue weighted by atomic mass is 10.2. The molecule has 1 N–H and O–H groups in total. The second kappa shape index (κ2) is 7.01. The molecule has 9 heteroatoms. The number of hydrogen-bond donors (Lipinski definition) is 3. The lowest BCUT2D eigenvalue weighted by Crippen LogP contribution is -2.31. The van der Waals surface area contributed by atoms with Crippen molar-refractivity contribution >= 4 is 47.2 Å². The minimum atomic E-state index is -4.06. The van der Waals surface area contributed by atoms with Gasteiger partial charge in [-0.3, -0.25) is 4.79 Å². The summed E-state index contributed by atoms with van der Waals surface area (Å²) in [5.74, 6) is -1.97. The van der Waals surface area contributed by atoms with Crippen LogP contribution in [0.1, 0.15) is 5.56 Å². The third kappa shape index (κ3) is 4.51. The van der Waals surface area contributed by atoms with Crippen LogP contribution in [-0.4, -0.2) is 27.4 Å². The van der Waals surface area contributed by atoms with E-state index >= 15 is 0 Å². The molecule has 0 spiro atoms. The highest BCUT2D eigenvalue weighted by atomic mass is 32.2. The molecule has 0 aromatic heterocycles. The average Bonchev–Trinajstić information content (AvgIpc) is 2.44. The first-order valence-corrected chi connectivity index (χ1v) is 7.91. The van der Waals surface area contributed by atoms with E-state index in [-0.39, 0.29) is 4.90 Å². The maximum atomic E-state index is 12.0. The molecule has 1 aromatic rings. The highest BCUT2D eigenvalue weighted by Gasteiger charge is 2.22. The lowest BCUT2D eigenvalue weighted by Gasteiger charge is -2.08. The van der Waals surface area contributed by atoms with Gasteiger partial charge in [-0.05, 0) is 19.1 Å². The van der Waals surface area contributed by atoms with Crippen LogP contribution in [0, 0.1) is 6.92 Å². The van der Waals surface area contributed by atoms with Crippen LogP contribution in [-0.2, 0) is 24.3 Å². The number of carbonyl (C=O) groups excluding carboxylic acids is 2. The largest absolute Gasteiger partial charge is 0.465 e. The summed E-state index contributed by atoms with van der Waals surface area (Å²) in [6.45, 7) is 1.80. The van der Waals surface area contributed by atoms with E-state index in [1.807, 2.05) is 0 Å². The van der Waals surface area contributed by atoms with Crippen molar-refractivity contribution in [1.29, 1.82) is 0 Å². The van der Waals surface area contributed by atoms with Gasteiger partial charge in [-0.1, -0.05) is 17.7 Å². The summed E-state index contributed by atoms with van der Waals surface area (Å²) in [7, 11) is -2.96. The second-order valence-corrected chi connectivity index (χ2v) is 6.51. The van der Waals surface area contributed by atoms with Crippen molar-refractivity contribution in [3.63, 3.8) is 0 Å². The Morgan fingerprint density at radius 2 is 1.62 bits per heavy atom. The number of amides is 1. The number of methoxy groups -OCH3 is 1. The summed E-state index contributed by atoms with van der Waals surface area (Å²) in [5.41, 5.74) is 0.874. The molecule has 0 saturated carbocycles. The molecule has 0 atom stereocenters. The van der Waals surface area contributed by atoms with Crippen LogP contribution in [0.15, 0.2) is 39.0 Å². The Balaban J connectivity index is 3.02. The molecule has 6 nitrogen and oxygen atoms in total. The summed E-state index contributed by atoms with van der Waals surface area (Å²) in [6.07, 6.45) is 0. The molecule has 0 saturated heterocycles. The van der Waals surface area contributed by atoms with Gasteiger partial charge in [-0.2, -0.15) is 0 Å². The van der Waals surface area contributed by atoms with E-state index in [0.29, 0.717) is 0 Å². The van der Waals surface area contributed by atoms with Gasteiger partial charge in [0.15, 0.2) is 0 Å². The Morgan fingerprint density at radius 1 is 1.10 bits per heavy atom. The third-order valence-corrected chi connectivity index (χ3v) is 4.73. The summed E-state index contributed by atoms with van der Waals surface area (Å²) >= 11 is 7.54. The topological polar surface area (TPSA) is 89.5 Å². The van der Waals surface area contributed by atoms with Crippen LogP contribution in [0.5, 0.6) is 0 Å². The Kier molecular flexibility index (Phi) is 5.87. The minimum Gasteiger partial charge on any atom is -0.465 e. The molecular formula is C12H13NO5S3. The molecule has 0 aliphatic heterocycles. The SMILES string of the molecule is COC(=O)/C(S)=C(/S)C(=O)NS(=O)(=O)c1ccc(C)cc1. The van der Waals surface area contributed by atoms with Crippen molar-refractivity contribution in [2.45, 2.75) is 11.8 Å². The fourth-order valence-corrected chi connectivity index (χ4v) is 2.62. The van der Waals surface area contributed by atoms with Crippen LogP contribution >= 0.6 is 25.3 Å². The molecule has 0 unspecified atom stereocenters. The van der Waals surface area contributed by atoms with Gasteiger partial charge in [-0.15, -0.1) is 25.3 Å². The van der Waals surface area contributed by atoms with E-state index in [4.69, 9.17) is 0 Å². The van der Waals surface area contributed by atoms with Crippen molar-refractivity contribution in [3.05, 3.63) is 39.6 Å². The number of hydrogen-bond acceptors (Lipinski definition) is 7. The van der Waals surface area contributed by atoms with Crippen molar-refractivity contribution in [2.75, 3.05) is 7.11 Å². The maximum absolute atomic E-state index is 12.0. The molecule has 0 heterocycles. The average molecular weight is 347 g/mol. The molecule has 1 amide bonds. The zero-order valence-electron chi connectivity index (χ0n) is 11.2. The molecular weight excluding hydrogens is 334 g/mol. The Hall–Kier alpha value is -1.45. The number of thiol groups is 2. The first-order valence-electron chi connectivity index (χ1n) is 5.53. The van der Waals surface area contributed by atoms with Crippen molar-refractivity contribution in [3.8, 4) is 0 Å². The summed E-state index contributed by atoms with van der Waals surface area (Å²) in [5, 5.41) is 0. The smallest absolute Gasteiger partial charge is 0.345 e. The number of rotatable bonds is 4. The van der Waals surface area contributed by atoms with Gasteiger partial charge in [0.1, 0.15) is 4.91 Å². The molecule has 114 valence electrons. The van der Waals surface area contributed by atoms with Crippen molar-refractivity contribution < 1.29 is 22.7 Å². The van der Waals surface area contributed by atoms with Crippen molar-refractivity contribution in [1.82, 2.24) is 4.72 Å². The van der Waals surface area contributed by atoms with Crippen LogP contribution in [0.3, 0.4) is 0 Å².